The van der Waals surface area contributed by atoms with Gasteiger partial charge in [-0.25, -0.2) is 0 Å². The van der Waals surface area contributed by atoms with E-state index in [-0.39, 0.29) is 0 Å². The van der Waals surface area contributed by atoms with E-state index in [1.54, 1.807) is 0 Å². The van der Waals surface area contributed by atoms with Gasteiger partial charge in [-0.3, -0.25) is 0 Å². The van der Waals surface area contributed by atoms with Gasteiger partial charge in [0.2, 0.25) is 0 Å². The zero-order valence-corrected chi connectivity index (χ0v) is 13.9. The third-order valence-corrected chi connectivity index (χ3v) is 4.00. The summed E-state index contributed by atoms with van der Waals surface area (Å²) in [5.74, 6) is 1.62. The van der Waals surface area contributed by atoms with Crippen molar-refractivity contribution in [1.29, 1.82) is 0 Å². The number of halogens is 1. The maximum absolute atomic E-state index is 6.06. The average Bonchev–Trinajstić information content (AvgIpc) is 2.40. The summed E-state index contributed by atoms with van der Waals surface area (Å²) in [7, 11) is 0. The van der Waals surface area contributed by atoms with Crippen LogP contribution in [-0.2, 0) is 6.54 Å². The molecule has 1 aromatic carbocycles. The Labute approximate surface area is 125 Å². The Balaban J connectivity index is 2.70. The van der Waals surface area contributed by atoms with E-state index in [0.717, 1.165) is 28.0 Å². The molecule has 1 unspecified atom stereocenters. The van der Waals surface area contributed by atoms with E-state index in [0.29, 0.717) is 12.5 Å². The summed E-state index contributed by atoms with van der Waals surface area (Å²) in [5.41, 5.74) is 8.04. The molecule has 0 aromatic heterocycles. The van der Waals surface area contributed by atoms with Crippen LogP contribution in [-0.4, -0.2) is 6.61 Å². The van der Waals surface area contributed by atoms with Gasteiger partial charge in [-0.05, 0) is 37.0 Å². The fourth-order valence-corrected chi connectivity index (χ4v) is 2.88. The molecule has 3 heteroatoms. The SMILES string of the molecule is CCCCC(CC)COc1c(C)cc(Br)cc1CN. The van der Waals surface area contributed by atoms with Crippen LogP contribution in [0.5, 0.6) is 5.75 Å². The summed E-state index contributed by atoms with van der Waals surface area (Å²) in [6.07, 6.45) is 4.96. The van der Waals surface area contributed by atoms with Gasteiger partial charge in [0.25, 0.3) is 0 Å². The summed E-state index contributed by atoms with van der Waals surface area (Å²) in [4.78, 5) is 0. The second-order valence-corrected chi connectivity index (χ2v) is 6.06. The highest BCUT2D eigenvalue weighted by molar-refractivity contribution is 9.10. The minimum Gasteiger partial charge on any atom is -0.493 e. The van der Waals surface area contributed by atoms with Crippen LogP contribution < -0.4 is 10.5 Å². The summed E-state index contributed by atoms with van der Waals surface area (Å²) in [6, 6.07) is 4.14. The molecular formula is C16H26BrNO. The van der Waals surface area contributed by atoms with Gasteiger partial charge in [-0.1, -0.05) is 49.0 Å². The fraction of sp³-hybridized carbons (Fsp3) is 0.625. The zero-order valence-electron chi connectivity index (χ0n) is 12.3. The Morgan fingerprint density at radius 2 is 2.05 bits per heavy atom. The van der Waals surface area contributed by atoms with Crippen molar-refractivity contribution < 1.29 is 4.74 Å². The zero-order chi connectivity index (χ0) is 14.3. The molecule has 0 fully saturated rings. The molecule has 0 saturated carbocycles. The molecule has 2 nitrogen and oxygen atoms in total. The highest BCUT2D eigenvalue weighted by atomic mass is 79.9. The molecule has 1 atom stereocenters. The molecule has 0 spiro atoms. The van der Waals surface area contributed by atoms with Crippen LogP contribution in [0.4, 0.5) is 0 Å². The first-order valence-electron chi connectivity index (χ1n) is 7.24. The molecule has 1 rings (SSSR count). The van der Waals surface area contributed by atoms with Gasteiger partial charge >= 0.3 is 0 Å². The number of hydrogen-bond acceptors (Lipinski definition) is 2. The monoisotopic (exact) mass is 327 g/mol. The first-order valence-corrected chi connectivity index (χ1v) is 8.03. The number of rotatable bonds is 8. The Kier molecular flexibility index (Phi) is 7.47. The predicted octanol–water partition coefficient (Wildman–Crippen LogP) is 4.81. The second kappa shape index (κ2) is 8.60. The molecule has 0 bridgehead atoms. The molecular weight excluding hydrogens is 302 g/mol. The average molecular weight is 328 g/mol. The maximum atomic E-state index is 6.06. The summed E-state index contributed by atoms with van der Waals surface area (Å²) < 4.78 is 7.13. The lowest BCUT2D eigenvalue weighted by Crippen LogP contribution is -2.13. The van der Waals surface area contributed by atoms with E-state index in [1.165, 1.54) is 25.7 Å². The Bertz CT molecular complexity index is 393. The molecule has 0 heterocycles. The summed E-state index contributed by atoms with van der Waals surface area (Å²) in [6.45, 7) is 7.86. The number of benzene rings is 1. The van der Waals surface area contributed by atoms with Gasteiger partial charge in [-0.2, -0.15) is 0 Å². The van der Waals surface area contributed by atoms with Crippen LogP contribution in [0, 0.1) is 12.8 Å². The van der Waals surface area contributed by atoms with Gasteiger partial charge in [0.1, 0.15) is 5.75 Å². The van der Waals surface area contributed by atoms with Crippen molar-refractivity contribution in [3.63, 3.8) is 0 Å². The minimum atomic E-state index is 0.515. The van der Waals surface area contributed by atoms with E-state index < -0.39 is 0 Å². The lowest BCUT2D eigenvalue weighted by Gasteiger charge is -2.19. The number of unbranched alkanes of at least 4 members (excludes halogenated alkanes) is 1. The van der Waals surface area contributed by atoms with Crippen LogP contribution in [0.2, 0.25) is 0 Å². The predicted molar refractivity (Wildman–Crippen MR) is 85.6 cm³/mol. The molecule has 2 N–H and O–H groups in total. The second-order valence-electron chi connectivity index (χ2n) is 5.14. The summed E-state index contributed by atoms with van der Waals surface area (Å²) >= 11 is 3.50. The number of ether oxygens (including phenoxy) is 1. The first-order chi connectivity index (χ1) is 9.12. The van der Waals surface area contributed by atoms with Gasteiger partial charge in [-0.15, -0.1) is 0 Å². The summed E-state index contributed by atoms with van der Waals surface area (Å²) in [5, 5.41) is 0. The molecule has 0 aliphatic carbocycles. The van der Waals surface area contributed by atoms with Crippen molar-refractivity contribution in [2.45, 2.75) is 53.0 Å². The molecule has 19 heavy (non-hydrogen) atoms. The van der Waals surface area contributed by atoms with E-state index in [9.17, 15) is 0 Å². The highest BCUT2D eigenvalue weighted by Gasteiger charge is 2.11. The van der Waals surface area contributed by atoms with E-state index >= 15 is 0 Å². The quantitative estimate of drug-likeness (QED) is 0.743. The Morgan fingerprint density at radius 3 is 2.63 bits per heavy atom. The molecule has 0 aliphatic heterocycles. The Morgan fingerprint density at radius 1 is 1.32 bits per heavy atom. The van der Waals surface area contributed by atoms with Crippen LogP contribution in [0.3, 0.4) is 0 Å². The van der Waals surface area contributed by atoms with Crippen molar-refractivity contribution in [3.8, 4) is 5.75 Å². The maximum Gasteiger partial charge on any atom is 0.126 e. The lowest BCUT2D eigenvalue weighted by molar-refractivity contribution is 0.230. The van der Waals surface area contributed by atoms with E-state index in [2.05, 4.69) is 48.8 Å². The van der Waals surface area contributed by atoms with Crippen LogP contribution >= 0.6 is 15.9 Å². The molecule has 0 amide bonds. The van der Waals surface area contributed by atoms with Gasteiger partial charge in [0.05, 0.1) is 6.61 Å². The third kappa shape index (κ3) is 5.15. The van der Waals surface area contributed by atoms with Crippen LogP contribution in [0.15, 0.2) is 16.6 Å². The van der Waals surface area contributed by atoms with Crippen molar-refractivity contribution >= 4 is 15.9 Å². The minimum absolute atomic E-state index is 0.515. The van der Waals surface area contributed by atoms with Crippen molar-refractivity contribution in [2.24, 2.45) is 11.7 Å². The van der Waals surface area contributed by atoms with E-state index in [1.807, 2.05) is 0 Å². The number of hydrogen-bond donors (Lipinski definition) is 1. The molecule has 0 saturated heterocycles. The van der Waals surface area contributed by atoms with Crippen molar-refractivity contribution in [1.82, 2.24) is 0 Å². The highest BCUT2D eigenvalue weighted by Crippen LogP contribution is 2.28. The normalized spacial score (nSPS) is 12.5. The number of aryl methyl sites for hydroxylation is 1. The van der Waals surface area contributed by atoms with Gasteiger partial charge < -0.3 is 10.5 Å². The molecule has 108 valence electrons. The largest absolute Gasteiger partial charge is 0.493 e. The smallest absolute Gasteiger partial charge is 0.126 e. The number of nitrogens with two attached hydrogens (primary N) is 1. The van der Waals surface area contributed by atoms with Crippen LogP contribution in [0.25, 0.3) is 0 Å². The van der Waals surface area contributed by atoms with E-state index in [4.69, 9.17) is 10.5 Å². The van der Waals surface area contributed by atoms with Gasteiger partial charge in [0.15, 0.2) is 0 Å². The first kappa shape index (κ1) is 16.5. The Hall–Kier alpha value is -0.540. The molecule has 0 radical (unpaired) electrons. The van der Waals surface area contributed by atoms with Crippen molar-refractivity contribution in [3.05, 3.63) is 27.7 Å². The van der Waals surface area contributed by atoms with Crippen molar-refractivity contribution in [2.75, 3.05) is 6.61 Å². The fourth-order valence-electron chi connectivity index (χ4n) is 2.26. The van der Waals surface area contributed by atoms with Gasteiger partial charge in [0, 0.05) is 16.6 Å². The van der Waals surface area contributed by atoms with Crippen LogP contribution in [0.1, 0.15) is 50.7 Å². The molecule has 0 aliphatic rings. The topological polar surface area (TPSA) is 35.2 Å². The lowest BCUT2D eigenvalue weighted by atomic mass is 10.0. The molecule has 1 aromatic rings. The third-order valence-electron chi connectivity index (χ3n) is 3.54. The standard InChI is InChI=1S/C16H26BrNO/c1-4-6-7-13(5-2)11-19-16-12(3)8-15(17)9-14(16)10-18/h8-9,13H,4-7,10-11,18H2,1-3H3.